The zero-order chi connectivity index (χ0) is 13.1. The standard InChI is InChI=1S/C14H18BrNO2/c1-10-5-3-7-12(13(10)15)14(17)16(2)9-11-6-4-8-18-11/h3,5,7,11H,4,6,8-9H2,1-2H3. The summed E-state index contributed by atoms with van der Waals surface area (Å²) >= 11 is 3.48. The summed E-state index contributed by atoms with van der Waals surface area (Å²) in [6.07, 6.45) is 2.34. The first-order valence-electron chi connectivity index (χ1n) is 6.22. The number of aryl methyl sites for hydroxylation is 1. The van der Waals surface area contributed by atoms with Crippen LogP contribution < -0.4 is 0 Å². The SMILES string of the molecule is Cc1cccc(C(=O)N(C)CC2CCCO2)c1Br. The van der Waals surface area contributed by atoms with E-state index in [0.29, 0.717) is 6.54 Å². The molecule has 0 N–H and O–H groups in total. The van der Waals surface area contributed by atoms with E-state index in [1.54, 1.807) is 4.90 Å². The van der Waals surface area contributed by atoms with E-state index >= 15 is 0 Å². The second-order valence-corrected chi connectivity index (χ2v) is 5.55. The highest BCUT2D eigenvalue weighted by Crippen LogP contribution is 2.23. The largest absolute Gasteiger partial charge is 0.376 e. The lowest BCUT2D eigenvalue weighted by molar-refractivity contribution is 0.0586. The first-order chi connectivity index (χ1) is 8.59. The molecule has 0 spiro atoms. The van der Waals surface area contributed by atoms with Crippen LogP contribution in [0.15, 0.2) is 22.7 Å². The topological polar surface area (TPSA) is 29.5 Å². The van der Waals surface area contributed by atoms with Gasteiger partial charge < -0.3 is 9.64 Å². The number of rotatable bonds is 3. The average molecular weight is 312 g/mol. The molecule has 2 rings (SSSR count). The van der Waals surface area contributed by atoms with Gasteiger partial charge in [-0.15, -0.1) is 0 Å². The maximum Gasteiger partial charge on any atom is 0.254 e. The smallest absolute Gasteiger partial charge is 0.254 e. The second-order valence-electron chi connectivity index (χ2n) is 4.76. The van der Waals surface area contributed by atoms with Crippen LogP contribution in [0.1, 0.15) is 28.8 Å². The molecule has 0 radical (unpaired) electrons. The third-order valence-electron chi connectivity index (χ3n) is 3.27. The van der Waals surface area contributed by atoms with Crippen molar-refractivity contribution in [2.24, 2.45) is 0 Å². The molecule has 0 bridgehead atoms. The summed E-state index contributed by atoms with van der Waals surface area (Å²) in [5, 5.41) is 0. The van der Waals surface area contributed by atoms with E-state index < -0.39 is 0 Å². The predicted octanol–water partition coefficient (Wildman–Crippen LogP) is 3.01. The van der Waals surface area contributed by atoms with Crippen LogP contribution in [-0.4, -0.2) is 37.1 Å². The summed E-state index contributed by atoms with van der Waals surface area (Å²) in [7, 11) is 1.83. The molecule has 1 unspecified atom stereocenters. The Morgan fingerprint density at radius 2 is 2.33 bits per heavy atom. The van der Waals surface area contributed by atoms with E-state index in [1.165, 1.54) is 0 Å². The van der Waals surface area contributed by atoms with Gasteiger partial charge in [0.25, 0.3) is 5.91 Å². The number of nitrogens with zero attached hydrogens (tertiary/aromatic N) is 1. The minimum Gasteiger partial charge on any atom is -0.376 e. The van der Waals surface area contributed by atoms with E-state index in [9.17, 15) is 4.79 Å². The van der Waals surface area contributed by atoms with Gasteiger partial charge in [0.05, 0.1) is 11.7 Å². The van der Waals surface area contributed by atoms with Gasteiger partial charge in [0.1, 0.15) is 0 Å². The van der Waals surface area contributed by atoms with Gasteiger partial charge in [-0.1, -0.05) is 12.1 Å². The number of carbonyl (C=O) groups excluding carboxylic acids is 1. The number of ether oxygens (including phenoxy) is 1. The Morgan fingerprint density at radius 1 is 1.56 bits per heavy atom. The first-order valence-corrected chi connectivity index (χ1v) is 7.01. The van der Waals surface area contributed by atoms with Gasteiger partial charge >= 0.3 is 0 Å². The zero-order valence-corrected chi connectivity index (χ0v) is 12.4. The Balaban J connectivity index is 2.07. The summed E-state index contributed by atoms with van der Waals surface area (Å²) in [5.41, 5.74) is 1.79. The summed E-state index contributed by atoms with van der Waals surface area (Å²) in [6, 6.07) is 5.75. The van der Waals surface area contributed by atoms with Crippen LogP contribution in [-0.2, 0) is 4.74 Å². The first kappa shape index (κ1) is 13.6. The Morgan fingerprint density at radius 3 is 3.00 bits per heavy atom. The number of amides is 1. The van der Waals surface area contributed by atoms with Crippen molar-refractivity contribution in [2.75, 3.05) is 20.2 Å². The maximum absolute atomic E-state index is 12.3. The number of hydrogen-bond acceptors (Lipinski definition) is 2. The summed E-state index contributed by atoms with van der Waals surface area (Å²) in [6.45, 7) is 3.47. The number of likely N-dealkylation sites (N-methyl/N-ethyl adjacent to an activating group) is 1. The lowest BCUT2D eigenvalue weighted by Crippen LogP contribution is -2.34. The summed E-state index contributed by atoms with van der Waals surface area (Å²) < 4.78 is 6.44. The molecule has 1 atom stereocenters. The van der Waals surface area contributed by atoms with Crippen LogP contribution in [0.2, 0.25) is 0 Å². The van der Waals surface area contributed by atoms with E-state index in [-0.39, 0.29) is 12.0 Å². The van der Waals surface area contributed by atoms with Crippen molar-refractivity contribution in [3.8, 4) is 0 Å². The molecule has 18 heavy (non-hydrogen) atoms. The molecular weight excluding hydrogens is 294 g/mol. The van der Waals surface area contributed by atoms with E-state index in [0.717, 1.165) is 35.0 Å². The van der Waals surface area contributed by atoms with Gasteiger partial charge in [0.15, 0.2) is 0 Å². The van der Waals surface area contributed by atoms with Crippen molar-refractivity contribution in [2.45, 2.75) is 25.9 Å². The van der Waals surface area contributed by atoms with E-state index in [4.69, 9.17) is 4.74 Å². The lowest BCUT2D eigenvalue weighted by Gasteiger charge is -2.21. The Bertz CT molecular complexity index is 441. The van der Waals surface area contributed by atoms with Crippen molar-refractivity contribution in [1.82, 2.24) is 4.90 Å². The number of hydrogen-bond donors (Lipinski definition) is 0. The minimum atomic E-state index is 0.0427. The molecule has 1 amide bonds. The van der Waals surface area contributed by atoms with Gasteiger partial charge in [-0.25, -0.2) is 0 Å². The number of halogens is 1. The van der Waals surface area contributed by atoms with Crippen LogP contribution in [0.4, 0.5) is 0 Å². The molecular formula is C14H18BrNO2. The Labute approximate surface area is 116 Å². The molecule has 1 aliphatic heterocycles. The van der Waals surface area contributed by atoms with Gasteiger partial charge in [0, 0.05) is 24.7 Å². The van der Waals surface area contributed by atoms with Crippen LogP contribution >= 0.6 is 15.9 Å². The molecule has 98 valence electrons. The monoisotopic (exact) mass is 311 g/mol. The number of carbonyl (C=O) groups is 1. The molecule has 1 fully saturated rings. The van der Waals surface area contributed by atoms with Crippen LogP contribution in [0.5, 0.6) is 0 Å². The lowest BCUT2D eigenvalue weighted by atomic mass is 10.1. The van der Waals surface area contributed by atoms with E-state index in [1.807, 2.05) is 32.2 Å². The van der Waals surface area contributed by atoms with Gasteiger partial charge in [-0.05, 0) is 47.3 Å². The average Bonchev–Trinajstić information content (AvgIpc) is 2.84. The molecule has 0 aromatic heterocycles. The second kappa shape index (κ2) is 5.85. The third-order valence-corrected chi connectivity index (χ3v) is 4.32. The molecule has 1 aromatic carbocycles. The third kappa shape index (κ3) is 2.93. The molecule has 1 aromatic rings. The van der Waals surface area contributed by atoms with Crippen molar-refractivity contribution in [3.63, 3.8) is 0 Å². The minimum absolute atomic E-state index is 0.0427. The van der Waals surface area contributed by atoms with Crippen molar-refractivity contribution in [3.05, 3.63) is 33.8 Å². The molecule has 4 heteroatoms. The Kier molecular flexibility index (Phi) is 4.40. The fraction of sp³-hybridized carbons (Fsp3) is 0.500. The maximum atomic E-state index is 12.3. The fourth-order valence-electron chi connectivity index (χ4n) is 2.19. The summed E-state index contributed by atoms with van der Waals surface area (Å²) in [4.78, 5) is 14.1. The van der Waals surface area contributed by atoms with Crippen LogP contribution in [0.25, 0.3) is 0 Å². The molecule has 0 saturated carbocycles. The Hall–Kier alpha value is -0.870. The van der Waals surface area contributed by atoms with Crippen molar-refractivity contribution >= 4 is 21.8 Å². The number of benzene rings is 1. The normalized spacial score (nSPS) is 18.9. The zero-order valence-electron chi connectivity index (χ0n) is 10.8. The van der Waals surface area contributed by atoms with Crippen LogP contribution in [0.3, 0.4) is 0 Å². The fourth-order valence-corrected chi connectivity index (χ4v) is 2.63. The van der Waals surface area contributed by atoms with Gasteiger partial charge in [0.2, 0.25) is 0 Å². The van der Waals surface area contributed by atoms with Gasteiger partial charge in [-0.2, -0.15) is 0 Å². The molecule has 1 saturated heterocycles. The highest BCUT2D eigenvalue weighted by atomic mass is 79.9. The molecule has 1 heterocycles. The molecule has 3 nitrogen and oxygen atoms in total. The highest BCUT2D eigenvalue weighted by Gasteiger charge is 2.22. The highest BCUT2D eigenvalue weighted by molar-refractivity contribution is 9.10. The quantitative estimate of drug-likeness (QED) is 0.859. The van der Waals surface area contributed by atoms with E-state index in [2.05, 4.69) is 15.9 Å². The van der Waals surface area contributed by atoms with Gasteiger partial charge in [-0.3, -0.25) is 4.79 Å². The molecule has 0 aliphatic carbocycles. The van der Waals surface area contributed by atoms with Crippen molar-refractivity contribution < 1.29 is 9.53 Å². The van der Waals surface area contributed by atoms with Crippen molar-refractivity contribution in [1.29, 1.82) is 0 Å². The predicted molar refractivity (Wildman–Crippen MR) is 74.8 cm³/mol. The summed E-state index contributed by atoms with van der Waals surface area (Å²) in [5.74, 6) is 0.0427. The van der Waals surface area contributed by atoms with Crippen LogP contribution in [0, 0.1) is 6.92 Å². The molecule has 1 aliphatic rings.